The van der Waals surface area contributed by atoms with Gasteiger partial charge < -0.3 is 23.7 Å². The standard InChI is InChI=1S/C25H30O9/c1-5-6-7-8-11-19-12-9-10-13-20(19)25(29)34-23-14-21(31-17(3)27)24(32-18(4)28)22(33-23)15-30-16(2)26/h9-10,12-13,21-24H,5-7,14-15H2,1-4H3. The molecule has 0 amide bonds. The van der Waals surface area contributed by atoms with Crippen LogP contribution < -0.4 is 0 Å². The molecule has 9 nitrogen and oxygen atoms in total. The largest absolute Gasteiger partial charge is 0.463 e. The van der Waals surface area contributed by atoms with E-state index in [0.717, 1.165) is 12.8 Å². The van der Waals surface area contributed by atoms with E-state index in [4.69, 9.17) is 23.7 Å². The second-order valence-electron chi connectivity index (χ2n) is 7.72. The summed E-state index contributed by atoms with van der Waals surface area (Å²) in [6.07, 6.45) is -1.58. The maximum atomic E-state index is 12.9. The minimum absolute atomic E-state index is 0.0792. The number of hydrogen-bond acceptors (Lipinski definition) is 9. The Morgan fingerprint density at radius 3 is 2.35 bits per heavy atom. The lowest BCUT2D eigenvalue weighted by atomic mass is 10.0. The third kappa shape index (κ3) is 8.52. The average Bonchev–Trinajstić information content (AvgIpc) is 2.76. The fraction of sp³-hybridized carbons (Fsp3) is 0.520. The molecule has 1 fully saturated rings. The lowest BCUT2D eigenvalue weighted by molar-refractivity contribution is -0.252. The highest BCUT2D eigenvalue weighted by molar-refractivity contribution is 5.92. The summed E-state index contributed by atoms with van der Waals surface area (Å²) in [5.74, 6) is 3.53. The summed E-state index contributed by atoms with van der Waals surface area (Å²) in [4.78, 5) is 47.5. The van der Waals surface area contributed by atoms with Crippen LogP contribution in [0.4, 0.5) is 0 Å². The molecule has 0 aliphatic carbocycles. The Morgan fingerprint density at radius 2 is 1.71 bits per heavy atom. The van der Waals surface area contributed by atoms with Crippen LogP contribution in [0.25, 0.3) is 0 Å². The highest BCUT2D eigenvalue weighted by atomic mass is 16.7. The molecule has 0 saturated carbocycles. The summed E-state index contributed by atoms with van der Waals surface area (Å²) >= 11 is 0. The highest BCUT2D eigenvalue weighted by Crippen LogP contribution is 2.28. The van der Waals surface area contributed by atoms with Gasteiger partial charge in [-0.25, -0.2) is 4.79 Å². The Hall–Kier alpha value is -3.38. The molecule has 184 valence electrons. The topological polar surface area (TPSA) is 114 Å². The van der Waals surface area contributed by atoms with Gasteiger partial charge in [0.25, 0.3) is 0 Å². The van der Waals surface area contributed by atoms with Crippen molar-refractivity contribution in [2.45, 2.75) is 78.0 Å². The zero-order valence-corrected chi connectivity index (χ0v) is 19.8. The molecule has 4 atom stereocenters. The van der Waals surface area contributed by atoms with Crippen molar-refractivity contribution in [1.82, 2.24) is 0 Å². The SMILES string of the molecule is CCCCC#Cc1ccccc1C(=O)OC1CC(OC(C)=O)C(OC(C)=O)C(COC(C)=O)O1. The van der Waals surface area contributed by atoms with E-state index < -0.39 is 48.5 Å². The minimum Gasteiger partial charge on any atom is -0.463 e. The van der Waals surface area contributed by atoms with Crippen LogP contribution in [0.1, 0.15) is 69.3 Å². The lowest BCUT2D eigenvalue weighted by Crippen LogP contribution is -2.54. The summed E-state index contributed by atoms with van der Waals surface area (Å²) in [5, 5.41) is 0. The first-order valence-electron chi connectivity index (χ1n) is 11.1. The van der Waals surface area contributed by atoms with Crippen molar-refractivity contribution < 1.29 is 42.9 Å². The molecule has 1 aliphatic rings. The number of esters is 4. The van der Waals surface area contributed by atoms with Gasteiger partial charge in [0.15, 0.2) is 6.10 Å². The summed E-state index contributed by atoms with van der Waals surface area (Å²) in [6.45, 7) is 5.39. The van der Waals surface area contributed by atoms with Crippen molar-refractivity contribution in [3.05, 3.63) is 35.4 Å². The van der Waals surface area contributed by atoms with Crippen LogP contribution in [0, 0.1) is 11.8 Å². The molecule has 0 bridgehead atoms. The number of unbranched alkanes of at least 4 members (excludes halogenated alkanes) is 2. The molecule has 0 radical (unpaired) electrons. The van der Waals surface area contributed by atoms with E-state index in [0.29, 0.717) is 12.0 Å². The van der Waals surface area contributed by atoms with Crippen molar-refractivity contribution in [3.63, 3.8) is 0 Å². The molecule has 0 N–H and O–H groups in total. The number of rotatable bonds is 8. The summed E-state index contributed by atoms with van der Waals surface area (Å²) in [7, 11) is 0. The monoisotopic (exact) mass is 474 g/mol. The van der Waals surface area contributed by atoms with Crippen molar-refractivity contribution in [2.75, 3.05) is 6.61 Å². The molecule has 9 heteroatoms. The van der Waals surface area contributed by atoms with Crippen molar-refractivity contribution in [1.29, 1.82) is 0 Å². The maximum Gasteiger partial charge on any atom is 0.341 e. The van der Waals surface area contributed by atoms with E-state index in [1.807, 2.05) is 0 Å². The first-order chi connectivity index (χ1) is 16.2. The minimum atomic E-state index is -1.15. The fourth-order valence-corrected chi connectivity index (χ4v) is 3.35. The van der Waals surface area contributed by atoms with Crippen molar-refractivity contribution >= 4 is 23.9 Å². The van der Waals surface area contributed by atoms with Gasteiger partial charge >= 0.3 is 23.9 Å². The van der Waals surface area contributed by atoms with Gasteiger partial charge in [0.2, 0.25) is 6.29 Å². The Labute approximate surface area is 199 Å². The summed E-state index contributed by atoms with van der Waals surface area (Å²) < 4.78 is 26.9. The van der Waals surface area contributed by atoms with E-state index >= 15 is 0 Å². The number of carbonyl (C=O) groups is 4. The maximum absolute atomic E-state index is 12.9. The molecule has 0 aromatic heterocycles. The number of hydrogen-bond donors (Lipinski definition) is 0. The predicted molar refractivity (Wildman–Crippen MR) is 119 cm³/mol. The van der Waals surface area contributed by atoms with E-state index in [2.05, 4.69) is 18.8 Å². The van der Waals surface area contributed by atoms with E-state index in [1.165, 1.54) is 20.8 Å². The van der Waals surface area contributed by atoms with Crippen LogP contribution in [0.5, 0.6) is 0 Å². The zero-order valence-electron chi connectivity index (χ0n) is 19.8. The van der Waals surface area contributed by atoms with Gasteiger partial charge in [-0.3, -0.25) is 14.4 Å². The predicted octanol–water partition coefficient (Wildman–Crippen LogP) is 2.93. The normalized spacial score (nSPS) is 21.4. The number of carbonyl (C=O) groups excluding carboxylic acids is 4. The number of ether oxygens (including phenoxy) is 5. The molecule has 1 saturated heterocycles. The average molecular weight is 475 g/mol. The summed E-state index contributed by atoms with van der Waals surface area (Å²) in [5.41, 5.74) is 0.781. The highest BCUT2D eigenvalue weighted by Gasteiger charge is 2.45. The first kappa shape index (κ1) is 26.9. The third-order valence-electron chi connectivity index (χ3n) is 4.82. The lowest BCUT2D eigenvalue weighted by Gasteiger charge is -2.39. The molecule has 0 spiro atoms. The Kier molecular flexibility index (Phi) is 10.6. The van der Waals surface area contributed by atoms with Gasteiger partial charge in [-0.05, 0) is 18.6 Å². The van der Waals surface area contributed by atoms with Crippen LogP contribution in [0.15, 0.2) is 24.3 Å². The molecule has 2 rings (SSSR count). The Balaban J connectivity index is 2.23. The molecule has 1 aromatic carbocycles. The summed E-state index contributed by atoms with van der Waals surface area (Å²) in [6, 6.07) is 6.78. The molecule has 34 heavy (non-hydrogen) atoms. The molecule has 4 unspecified atom stereocenters. The van der Waals surface area contributed by atoms with Crippen molar-refractivity contribution in [3.8, 4) is 11.8 Å². The van der Waals surface area contributed by atoms with Crippen LogP contribution in [-0.4, -0.2) is 55.1 Å². The first-order valence-corrected chi connectivity index (χ1v) is 11.1. The quantitative estimate of drug-likeness (QED) is 0.243. The van der Waals surface area contributed by atoms with Crippen LogP contribution in [0.2, 0.25) is 0 Å². The zero-order chi connectivity index (χ0) is 25.1. The molecular formula is C25H30O9. The van der Waals surface area contributed by atoms with Gasteiger partial charge in [0.05, 0.1) is 12.0 Å². The molecule has 1 aliphatic heterocycles. The van der Waals surface area contributed by atoms with Gasteiger partial charge in [0.1, 0.15) is 18.8 Å². The second-order valence-corrected chi connectivity index (χ2v) is 7.72. The van der Waals surface area contributed by atoms with Crippen LogP contribution >= 0.6 is 0 Å². The molecule has 1 aromatic rings. The number of benzene rings is 1. The Morgan fingerprint density at radius 1 is 1.00 bits per heavy atom. The van der Waals surface area contributed by atoms with E-state index in [1.54, 1.807) is 24.3 Å². The van der Waals surface area contributed by atoms with E-state index in [-0.39, 0.29) is 18.6 Å². The van der Waals surface area contributed by atoms with Gasteiger partial charge in [-0.1, -0.05) is 37.3 Å². The smallest absolute Gasteiger partial charge is 0.341 e. The second kappa shape index (κ2) is 13.4. The van der Waals surface area contributed by atoms with Crippen LogP contribution in [0.3, 0.4) is 0 Å². The van der Waals surface area contributed by atoms with Crippen molar-refractivity contribution in [2.24, 2.45) is 0 Å². The van der Waals surface area contributed by atoms with E-state index in [9.17, 15) is 19.2 Å². The Bertz CT molecular complexity index is 943. The third-order valence-corrected chi connectivity index (χ3v) is 4.82. The molecule has 1 heterocycles. The van der Waals surface area contributed by atoms with Crippen LogP contribution in [-0.2, 0) is 38.1 Å². The van der Waals surface area contributed by atoms with Gasteiger partial charge in [-0.15, -0.1) is 0 Å². The molecular weight excluding hydrogens is 444 g/mol. The van der Waals surface area contributed by atoms with Gasteiger partial charge in [0, 0.05) is 32.8 Å². The van der Waals surface area contributed by atoms with Gasteiger partial charge in [-0.2, -0.15) is 0 Å². The fourth-order valence-electron chi connectivity index (χ4n) is 3.35.